The van der Waals surface area contributed by atoms with Crippen molar-refractivity contribution in [2.75, 3.05) is 5.32 Å². The minimum atomic E-state index is -0.209. The van der Waals surface area contributed by atoms with Crippen LogP contribution in [0.25, 0.3) is 16.9 Å². The topological polar surface area (TPSA) is 62.5 Å². The Morgan fingerprint density at radius 1 is 1.25 bits per heavy atom. The minimum absolute atomic E-state index is 0.209. The molecular weight excluding hydrogens is 348 g/mol. The first-order chi connectivity index (χ1) is 13.5. The van der Waals surface area contributed by atoms with Gasteiger partial charge in [0.05, 0.1) is 29.2 Å². The lowest BCUT2D eigenvalue weighted by molar-refractivity contribution is 0.124. The van der Waals surface area contributed by atoms with Crippen molar-refractivity contribution in [3.05, 3.63) is 47.8 Å². The fraction of sp³-hybridized carbons (Fsp3) is 0.391. The van der Waals surface area contributed by atoms with Gasteiger partial charge in [-0.3, -0.25) is 4.98 Å². The Morgan fingerprint density at radius 2 is 2.11 bits per heavy atom. The molecule has 1 fully saturated rings. The Bertz CT molecular complexity index is 1030. The highest BCUT2D eigenvalue weighted by Gasteiger charge is 2.22. The van der Waals surface area contributed by atoms with Crippen LogP contribution in [0.1, 0.15) is 56.6 Å². The van der Waals surface area contributed by atoms with Crippen molar-refractivity contribution in [2.24, 2.45) is 0 Å². The van der Waals surface area contributed by atoms with E-state index in [1.165, 1.54) is 5.56 Å². The predicted molar refractivity (Wildman–Crippen MR) is 112 cm³/mol. The number of hydrogen-bond donors (Lipinski definition) is 2. The van der Waals surface area contributed by atoms with E-state index in [0.29, 0.717) is 5.92 Å². The predicted octanol–water partition coefficient (Wildman–Crippen LogP) is 4.22. The van der Waals surface area contributed by atoms with Gasteiger partial charge in [0.1, 0.15) is 0 Å². The molecule has 144 valence electrons. The maximum Gasteiger partial charge on any atom is 0.0910 e. The number of anilines is 1. The van der Waals surface area contributed by atoms with Crippen LogP contribution < -0.4 is 5.32 Å². The standard InChI is InChI=1S/C23H26N4O/c1-4-16-10-18-8-9-23(27(18)25-13-16)22-12-21(20(14-24-22)15(2)3)26-17-6-5-7-19(28)11-17/h1,8-10,12-15,17,19,28H,5-7,11H2,2-3H3,(H,24,26)/t17-,19+/m0/s1. The number of aliphatic hydroxyl groups is 1. The lowest BCUT2D eigenvalue weighted by Gasteiger charge is -2.29. The SMILES string of the molecule is C#Cc1cnn2c(-c3cc(N[C@H]4CCC[C@@H](O)C4)c(C(C)C)cn3)ccc2c1. The van der Waals surface area contributed by atoms with Crippen molar-refractivity contribution < 1.29 is 5.11 Å². The van der Waals surface area contributed by atoms with E-state index in [9.17, 15) is 5.11 Å². The molecule has 0 aliphatic heterocycles. The molecule has 28 heavy (non-hydrogen) atoms. The van der Waals surface area contributed by atoms with Crippen LogP contribution in [0.3, 0.4) is 0 Å². The third-order valence-corrected chi connectivity index (χ3v) is 5.49. The molecule has 4 rings (SSSR count). The average molecular weight is 374 g/mol. The molecule has 3 aromatic heterocycles. The average Bonchev–Trinajstić information content (AvgIpc) is 3.11. The van der Waals surface area contributed by atoms with E-state index in [4.69, 9.17) is 11.4 Å². The monoisotopic (exact) mass is 374 g/mol. The Kier molecular flexibility index (Phi) is 5.06. The van der Waals surface area contributed by atoms with E-state index in [1.54, 1.807) is 6.20 Å². The first kappa shape index (κ1) is 18.5. The van der Waals surface area contributed by atoms with Gasteiger partial charge in [0.2, 0.25) is 0 Å². The molecule has 1 aliphatic rings. The van der Waals surface area contributed by atoms with Crippen molar-refractivity contribution in [1.29, 1.82) is 0 Å². The van der Waals surface area contributed by atoms with Crippen LogP contribution in [0.4, 0.5) is 5.69 Å². The summed E-state index contributed by atoms with van der Waals surface area (Å²) < 4.78 is 1.87. The summed E-state index contributed by atoms with van der Waals surface area (Å²) in [6.45, 7) is 4.35. The van der Waals surface area contributed by atoms with Crippen LogP contribution in [0, 0.1) is 12.3 Å². The highest BCUT2D eigenvalue weighted by atomic mass is 16.3. The smallest absolute Gasteiger partial charge is 0.0910 e. The van der Waals surface area contributed by atoms with Gasteiger partial charge in [0, 0.05) is 23.5 Å². The molecule has 0 radical (unpaired) electrons. The molecule has 0 spiro atoms. The summed E-state index contributed by atoms with van der Waals surface area (Å²) in [4.78, 5) is 4.71. The van der Waals surface area contributed by atoms with Crippen LogP contribution >= 0.6 is 0 Å². The molecule has 1 saturated carbocycles. The third kappa shape index (κ3) is 3.61. The van der Waals surface area contributed by atoms with Gasteiger partial charge in [-0.25, -0.2) is 4.52 Å². The second kappa shape index (κ2) is 7.65. The maximum absolute atomic E-state index is 10.0. The van der Waals surface area contributed by atoms with Crippen LogP contribution in [0.5, 0.6) is 0 Å². The Morgan fingerprint density at radius 3 is 2.86 bits per heavy atom. The van der Waals surface area contributed by atoms with Crippen molar-refractivity contribution in [1.82, 2.24) is 14.6 Å². The van der Waals surface area contributed by atoms with E-state index in [-0.39, 0.29) is 12.1 Å². The number of hydrogen-bond acceptors (Lipinski definition) is 4. The van der Waals surface area contributed by atoms with E-state index >= 15 is 0 Å². The van der Waals surface area contributed by atoms with Crippen LogP contribution in [0.2, 0.25) is 0 Å². The van der Waals surface area contributed by atoms with Crippen molar-refractivity contribution in [2.45, 2.75) is 57.6 Å². The van der Waals surface area contributed by atoms with Gasteiger partial charge in [-0.05, 0) is 61.4 Å². The molecular formula is C23H26N4O. The second-order valence-corrected chi connectivity index (χ2v) is 7.92. The van der Waals surface area contributed by atoms with Gasteiger partial charge >= 0.3 is 0 Å². The number of nitrogens with one attached hydrogen (secondary N) is 1. The Balaban J connectivity index is 1.71. The largest absolute Gasteiger partial charge is 0.393 e. The van der Waals surface area contributed by atoms with Gasteiger partial charge in [-0.1, -0.05) is 19.8 Å². The zero-order valence-electron chi connectivity index (χ0n) is 16.4. The fourth-order valence-electron chi connectivity index (χ4n) is 3.98. The molecule has 5 nitrogen and oxygen atoms in total. The summed E-state index contributed by atoms with van der Waals surface area (Å²) in [5, 5.41) is 18.2. The third-order valence-electron chi connectivity index (χ3n) is 5.49. The zero-order valence-corrected chi connectivity index (χ0v) is 16.4. The molecule has 0 aromatic carbocycles. The number of rotatable bonds is 4. The van der Waals surface area contributed by atoms with Gasteiger partial charge < -0.3 is 10.4 Å². The normalized spacial score (nSPS) is 19.7. The lowest BCUT2D eigenvalue weighted by Crippen LogP contribution is -2.30. The van der Waals surface area contributed by atoms with Crippen molar-refractivity contribution >= 4 is 11.2 Å². The van der Waals surface area contributed by atoms with Crippen molar-refractivity contribution in [3.63, 3.8) is 0 Å². The van der Waals surface area contributed by atoms with E-state index < -0.39 is 0 Å². The Labute approximate surface area is 165 Å². The van der Waals surface area contributed by atoms with Crippen molar-refractivity contribution in [3.8, 4) is 23.7 Å². The quantitative estimate of drug-likeness (QED) is 0.671. The van der Waals surface area contributed by atoms with Gasteiger partial charge in [-0.2, -0.15) is 5.10 Å². The van der Waals surface area contributed by atoms with Gasteiger partial charge in [0.15, 0.2) is 0 Å². The minimum Gasteiger partial charge on any atom is -0.393 e. The summed E-state index contributed by atoms with van der Waals surface area (Å²) in [7, 11) is 0. The molecule has 0 unspecified atom stereocenters. The summed E-state index contributed by atoms with van der Waals surface area (Å²) >= 11 is 0. The molecule has 0 bridgehead atoms. The molecule has 0 amide bonds. The summed E-state index contributed by atoms with van der Waals surface area (Å²) in [6.07, 6.45) is 12.8. The number of pyridine rings is 1. The Hall–Kier alpha value is -2.84. The molecule has 2 atom stereocenters. The molecule has 5 heteroatoms. The fourth-order valence-corrected chi connectivity index (χ4v) is 3.98. The number of fused-ring (bicyclic) bond motifs is 1. The highest BCUT2D eigenvalue weighted by molar-refractivity contribution is 5.69. The summed E-state index contributed by atoms with van der Waals surface area (Å²) in [5.41, 5.74) is 5.79. The lowest BCUT2D eigenvalue weighted by atomic mass is 9.92. The second-order valence-electron chi connectivity index (χ2n) is 7.92. The summed E-state index contributed by atoms with van der Waals surface area (Å²) in [6, 6.07) is 8.37. The first-order valence-electron chi connectivity index (χ1n) is 9.94. The number of nitrogens with zero attached hydrogens (tertiary/aromatic N) is 3. The van der Waals surface area contributed by atoms with Crippen LogP contribution in [-0.2, 0) is 0 Å². The van der Waals surface area contributed by atoms with Gasteiger partial charge in [-0.15, -0.1) is 6.42 Å². The molecule has 2 N–H and O–H groups in total. The summed E-state index contributed by atoms with van der Waals surface area (Å²) in [5.74, 6) is 2.98. The number of terminal acetylenes is 1. The molecule has 1 aliphatic carbocycles. The molecule has 0 saturated heterocycles. The van der Waals surface area contributed by atoms with Crippen LogP contribution in [-0.4, -0.2) is 31.9 Å². The van der Waals surface area contributed by atoms with E-state index in [2.05, 4.69) is 36.2 Å². The van der Waals surface area contributed by atoms with E-state index in [0.717, 1.165) is 53.8 Å². The maximum atomic E-state index is 10.0. The van der Waals surface area contributed by atoms with Crippen LogP contribution in [0.15, 0.2) is 36.7 Å². The zero-order chi connectivity index (χ0) is 19.7. The number of aromatic nitrogens is 3. The number of aliphatic hydroxyl groups excluding tert-OH is 1. The van der Waals surface area contributed by atoms with Gasteiger partial charge in [0.25, 0.3) is 0 Å². The highest BCUT2D eigenvalue weighted by Crippen LogP contribution is 2.31. The van der Waals surface area contributed by atoms with E-state index in [1.807, 2.05) is 28.9 Å². The molecule has 3 heterocycles. The first-order valence-corrected chi connectivity index (χ1v) is 9.94. The molecule has 3 aromatic rings.